The standard InChI is InChI=1S/C13H12N4/c1-2-10(1)12-11(9-3-5-14-6-4-9)13-15-7-8-17(13)16-12/h3-8,10,16H,1-2H2. The van der Waals surface area contributed by atoms with Crippen molar-refractivity contribution in [2.24, 2.45) is 0 Å². The molecule has 0 saturated heterocycles. The number of hydrogen-bond acceptors (Lipinski definition) is 2. The van der Waals surface area contributed by atoms with Crippen molar-refractivity contribution in [1.29, 1.82) is 0 Å². The van der Waals surface area contributed by atoms with Crippen LogP contribution >= 0.6 is 0 Å². The minimum Gasteiger partial charge on any atom is -0.296 e. The van der Waals surface area contributed by atoms with Gasteiger partial charge in [0.25, 0.3) is 0 Å². The summed E-state index contributed by atoms with van der Waals surface area (Å²) in [5.41, 5.74) is 4.76. The molecule has 1 fully saturated rings. The molecule has 1 aliphatic carbocycles. The fraction of sp³-hybridized carbons (Fsp3) is 0.231. The SMILES string of the molecule is c1cc(-c2c(C3CC3)[nH]n3ccnc23)ccn1. The van der Waals surface area contributed by atoms with E-state index in [1.54, 1.807) is 0 Å². The lowest BCUT2D eigenvalue weighted by molar-refractivity contribution is 0.899. The highest BCUT2D eigenvalue weighted by molar-refractivity contribution is 5.80. The Morgan fingerprint density at radius 1 is 1.18 bits per heavy atom. The number of rotatable bonds is 2. The van der Waals surface area contributed by atoms with E-state index in [0.29, 0.717) is 5.92 Å². The molecule has 1 aliphatic rings. The van der Waals surface area contributed by atoms with Crippen molar-refractivity contribution in [3.63, 3.8) is 0 Å². The third kappa shape index (κ3) is 1.30. The minimum absolute atomic E-state index is 0.680. The molecule has 0 aromatic carbocycles. The second-order valence-corrected chi connectivity index (χ2v) is 4.53. The third-order valence-electron chi connectivity index (χ3n) is 3.33. The molecule has 0 bridgehead atoms. The van der Waals surface area contributed by atoms with Gasteiger partial charge >= 0.3 is 0 Å². The highest BCUT2D eigenvalue weighted by Gasteiger charge is 2.30. The first kappa shape index (κ1) is 8.98. The van der Waals surface area contributed by atoms with E-state index < -0.39 is 0 Å². The Hall–Kier alpha value is -2.10. The Kier molecular flexibility index (Phi) is 1.69. The van der Waals surface area contributed by atoms with Crippen molar-refractivity contribution >= 4 is 5.65 Å². The number of hydrogen-bond donors (Lipinski definition) is 1. The lowest BCUT2D eigenvalue weighted by Crippen LogP contribution is -1.86. The molecular formula is C13H12N4. The summed E-state index contributed by atoms with van der Waals surface area (Å²) in [5, 5.41) is 3.44. The number of H-pyrrole nitrogens is 1. The number of nitrogens with zero attached hydrogens (tertiary/aromatic N) is 3. The van der Waals surface area contributed by atoms with Crippen LogP contribution in [0.4, 0.5) is 0 Å². The van der Waals surface area contributed by atoms with Crippen molar-refractivity contribution < 1.29 is 0 Å². The van der Waals surface area contributed by atoms with E-state index in [1.807, 2.05) is 41.4 Å². The summed E-state index contributed by atoms with van der Waals surface area (Å²) in [6.07, 6.45) is 10.0. The summed E-state index contributed by atoms with van der Waals surface area (Å²) >= 11 is 0. The monoisotopic (exact) mass is 224 g/mol. The van der Waals surface area contributed by atoms with Crippen LogP contribution in [-0.4, -0.2) is 19.6 Å². The molecule has 0 aliphatic heterocycles. The predicted molar refractivity (Wildman–Crippen MR) is 64.7 cm³/mol. The highest BCUT2D eigenvalue weighted by atomic mass is 15.3. The fourth-order valence-corrected chi connectivity index (χ4v) is 2.36. The number of imidazole rings is 1. The topological polar surface area (TPSA) is 46.0 Å². The van der Waals surface area contributed by atoms with E-state index in [9.17, 15) is 0 Å². The van der Waals surface area contributed by atoms with Crippen LogP contribution in [-0.2, 0) is 0 Å². The van der Waals surface area contributed by atoms with Crippen LogP contribution in [0.1, 0.15) is 24.5 Å². The molecule has 0 unspecified atom stereocenters. The summed E-state index contributed by atoms with van der Waals surface area (Å²) < 4.78 is 2.00. The molecule has 1 N–H and O–H groups in total. The van der Waals surface area contributed by atoms with Crippen molar-refractivity contribution in [2.75, 3.05) is 0 Å². The maximum absolute atomic E-state index is 4.44. The molecule has 3 aromatic rings. The van der Waals surface area contributed by atoms with Crippen LogP contribution in [0.25, 0.3) is 16.8 Å². The first-order valence-electron chi connectivity index (χ1n) is 5.89. The second kappa shape index (κ2) is 3.20. The molecule has 0 spiro atoms. The van der Waals surface area contributed by atoms with E-state index in [1.165, 1.54) is 29.7 Å². The van der Waals surface area contributed by atoms with Crippen LogP contribution in [0.2, 0.25) is 0 Å². The molecule has 3 heterocycles. The Labute approximate surface area is 98.3 Å². The second-order valence-electron chi connectivity index (χ2n) is 4.53. The molecule has 4 rings (SSSR count). The van der Waals surface area contributed by atoms with Crippen LogP contribution in [0.5, 0.6) is 0 Å². The average molecular weight is 224 g/mol. The molecule has 0 amide bonds. The van der Waals surface area contributed by atoms with E-state index in [2.05, 4.69) is 15.1 Å². The zero-order valence-electron chi connectivity index (χ0n) is 9.30. The Bertz CT molecular complexity index is 661. The number of fused-ring (bicyclic) bond motifs is 1. The Morgan fingerprint density at radius 3 is 2.76 bits per heavy atom. The van der Waals surface area contributed by atoms with E-state index in [-0.39, 0.29) is 0 Å². The summed E-state index contributed by atoms with van der Waals surface area (Å²) in [4.78, 5) is 8.51. The van der Waals surface area contributed by atoms with Crippen LogP contribution in [0, 0.1) is 0 Å². The van der Waals surface area contributed by atoms with Gasteiger partial charge in [0.2, 0.25) is 0 Å². The predicted octanol–water partition coefficient (Wildman–Crippen LogP) is 2.60. The zero-order chi connectivity index (χ0) is 11.2. The van der Waals surface area contributed by atoms with Crippen molar-refractivity contribution in [3.05, 3.63) is 42.6 Å². The normalized spacial score (nSPS) is 15.5. The van der Waals surface area contributed by atoms with Gasteiger partial charge in [0, 0.05) is 42.0 Å². The first-order chi connectivity index (χ1) is 8.43. The summed E-state index contributed by atoms with van der Waals surface area (Å²) in [6.45, 7) is 0. The Balaban J connectivity index is 2.02. The fourth-order valence-electron chi connectivity index (χ4n) is 2.36. The van der Waals surface area contributed by atoms with Gasteiger partial charge in [-0.3, -0.25) is 10.1 Å². The molecule has 0 radical (unpaired) electrons. The maximum Gasteiger partial charge on any atom is 0.161 e. The number of aromatic nitrogens is 4. The van der Waals surface area contributed by atoms with Crippen molar-refractivity contribution in [1.82, 2.24) is 19.6 Å². The van der Waals surface area contributed by atoms with Crippen LogP contribution in [0.15, 0.2) is 36.9 Å². The van der Waals surface area contributed by atoms with Gasteiger partial charge in [0.05, 0.1) is 0 Å². The van der Waals surface area contributed by atoms with E-state index in [0.717, 1.165) is 5.65 Å². The summed E-state index contributed by atoms with van der Waals surface area (Å²) in [7, 11) is 0. The maximum atomic E-state index is 4.44. The van der Waals surface area contributed by atoms with Crippen LogP contribution < -0.4 is 0 Å². The van der Waals surface area contributed by atoms with Gasteiger partial charge < -0.3 is 0 Å². The van der Waals surface area contributed by atoms with Gasteiger partial charge in [0.1, 0.15) is 0 Å². The van der Waals surface area contributed by atoms with Crippen molar-refractivity contribution in [3.8, 4) is 11.1 Å². The van der Waals surface area contributed by atoms with Gasteiger partial charge in [-0.1, -0.05) is 0 Å². The van der Waals surface area contributed by atoms with Gasteiger partial charge in [-0.2, -0.15) is 0 Å². The van der Waals surface area contributed by atoms with E-state index in [4.69, 9.17) is 0 Å². The lowest BCUT2D eigenvalue weighted by atomic mass is 10.1. The minimum atomic E-state index is 0.680. The van der Waals surface area contributed by atoms with Gasteiger partial charge in [-0.05, 0) is 30.5 Å². The van der Waals surface area contributed by atoms with Gasteiger partial charge in [-0.25, -0.2) is 9.50 Å². The third-order valence-corrected chi connectivity index (χ3v) is 3.33. The molecule has 84 valence electrons. The first-order valence-corrected chi connectivity index (χ1v) is 5.89. The molecule has 0 atom stereocenters. The summed E-state index contributed by atoms with van der Waals surface area (Å²) in [5.74, 6) is 0.680. The largest absolute Gasteiger partial charge is 0.296 e. The molecule has 17 heavy (non-hydrogen) atoms. The quantitative estimate of drug-likeness (QED) is 0.727. The average Bonchev–Trinajstić information content (AvgIpc) is 3.00. The number of pyridine rings is 1. The molecule has 4 heteroatoms. The van der Waals surface area contributed by atoms with Crippen LogP contribution in [0.3, 0.4) is 0 Å². The molecule has 3 aromatic heterocycles. The smallest absolute Gasteiger partial charge is 0.161 e. The number of nitrogens with one attached hydrogen (secondary N) is 1. The highest BCUT2D eigenvalue weighted by Crippen LogP contribution is 2.44. The molecular weight excluding hydrogens is 212 g/mol. The lowest BCUT2D eigenvalue weighted by Gasteiger charge is -2.01. The Morgan fingerprint density at radius 2 is 2.00 bits per heavy atom. The molecule has 4 nitrogen and oxygen atoms in total. The van der Waals surface area contributed by atoms with Gasteiger partial charge in [-0.15, -0.1) is 0 Å². The zero-order valence-corrected chi connectivity index (χ0v) is 9.30. The van der Waals surface area contributed by atoms with Gasteiger partial charge in [0.15, 0.2) is 5.65 Å². The van der Waals surface area contributed by atoms with E-state index >= 15 is 0 Å². The number of aromatic amines is 1. The molecule has 1 saturated carbocycles. The summed E-state index contributed by atoms with van der Waals surface area (Å²) in [6, 6.07) is 4.09. The van der Waals surface area contributed by atoms with Crippen molar-refractivity contribution in [2.45, 2.75) is 18.8 Å².